The number of aryl methyl sites for hydroxylation is 1. The van der Waals surface area contributed by atoms with E-state index in [9.17, 15) is 0 Å². The Labute approximate surface area is 129 Å². The molecule has 1 aliphatic rings. The normalized spacial score (nSPS) is 17.8. The van der Waals surface area contributed by atoms with Crippen LogP contribution in [0.25, 0.3) is 0 Å². The zero-order valence-electron chi connectivity index (χ0n) is 12.3. The van der Waals surface area contributed by atoms with E-state index in [0.29, 0.717) is 0 Å². The summed E-state index contributed by atoms with van der Waals surface area (Å²) in [5.41, 5.74) is 7.33. The summed E-state index contributed by atoms with van der Waals surface area (Å²) in [6.45, 7) is 3.05. The van der Waals surface area contributed by atoms with E-state index in [1.165, 1.54) is 19.3 Å². The van der Waals surface area contributed by atoms with Crippen LogP contribution < -0.4 is 5.73 Å². The van der Waals surface area contributed by atoms with Crippen LogP contribution in [-0.4, -0.2) is 25.8 Å². The van der Waals surface area contributed by atoms with Crippen molar-refractivity contribution < 1.29 is 0 Å². The fraction of sp³-hybridized carbons (Fsp3) is 0.533. The first kappa shape index (κ1) is 14.5. The maximum Gasteiger partial charge on any atom is 0.191 e. The van der Waals surface area contributed by atoms with E-state index in [2.05, 4.69) is 25.8 Å². The van der Waals surface area contributed by atoms with Crippen molar-refractivity contribution in [3.63, 3.8) is 0 Å². The molecule has 2 aromatic heterocycles. The topological polar surface area (TPSA) is 69.6 Å². The predicted octanol–water partition coefficient (Wildman–Crippen LogP) is 2.58. The molecule has 0 amide bonds. The van der Waals surface area contributed by atoms with E-state index < -0.39 is 0 Å². The average molecular weight is 303 g/mol. The van der Waals surface area contributed by atoms with Gasteiger partial charge in [0.05, 0.1) is 5.25 Å². The summed E-state index contributed by atoms with van der Waals surface area (Å²) in [5, 5.41) is 9.88. The summed E-state index contributed by atoms with van der Waals surface area (Å²) in [7, 11) is 0. The maximum atomic E-state index is 6.19. The molecule has 0 aliphatic carbocycles. The van der Waals surface area contributed by atoms with Gasteiger partial charge in [-0.05, 0) is 31.4 Å². The zero-order valence-corrected chi connectivity index (χ0v) is 13.1. The van der Waals surface area contributed by atoms with Gasteiger partial charge < -0.3 is 10.3 Å². The molecule has 0 saturated heterocycles. The number of pyridine rings is 1. The van der Waals surface area contributed by atoms with Gasteiger partial charge in [0.25, 0.3) is 0 Å². The van der Waals surface area contributed by atoms with E-state index in [-0.39, 0.29) is 11.3 Å². The van der Waals surface area contributed by atoms with Crippen molar-refractivity contribution in [2.24, 2.45) is 5.73 Å². The number of fused-ring (bicyclic) bond motifs is 1. The standard InChI is InChI=1S/C15H21N5S/c1-11(16)14(12-6-5-8-17-10-12)21-15-19-18-13-7-3-2-4-9-20(13)15/h5-6,8,10-11,14H,2-4,7,9,16H2,1H3. The summed E-state index contributed by atoms with van der Waals surface area (Å²) < 4.78 is 2.27. The molecule has 2 unspecified atom stereocenters. The highest BCUT2D eigenvalue weighted by Gasteiger charge is 2.23. The fourth-order valence-electron chi connectivity index (χ4n) is 2.68. The Balaban J connectivity index is 1.85. The Hall–Kier alpha value is -1.40. The van der Waals surface area contributed by atoms with Gasteiger partial charge in [-0.2, -0.15) is 0 Å². The second-order valence-electron chi connectivity index (χ2n) is 5.55. The fourth-order valence-corrected chi connectivity index (χ4v) is 3.81. The minimum Gasteiger partial charge on any atom is -0.327 e. The Morgan fingerprint density at radius 3 is 2.95 bits per heavy atom. The first-order valence-corrected chi connectivity index (χ1v) is 8.38. The van der Waals surface area contributed by atoms with Crippen molar-refractivity contribution in [1.29, 1.82) is 0 Å². The molecule has 0 bridgehead atoms. The van der Waals surface area contributed by atoms with Gasteiger partial charge in [-0.3, -0.25) is 4.98 Å². The Morgan fingerprint density at radius 1 is 1.29 bits per heavy atom. The lowest BCUT2D eigenvalue weighted by Crippen LogP contribution is -2.23. The second-order valence-corrected chi connectivity index (χ2v) is 6.65. The van der Waals surface area contributed by atoms with Gasteiger partial charge in [-0.15, -0.1) is 10.2 Å². The third kappa shape index (κ3) is 3.27. The van der Waals surface area contributed by atoms with Crippen LogP contribution in [0.1, 0.15) is 42.8 Å². The lowest BCUT2D eigenvalue weighted by atomic mass is 10.1. The van der Waals surface area contributed by atoms with Gasteiger partial charge in [-0.1, -0.05) is 24.2 Å². The van der Waals surface area contributed by atoms with Gasteiger partial charge in [-0.25, -0.2) is 0 Å². The molecule has 0 fully saturated rings. The van der Waals surface area contributed by atoms with Gasteiger partial charge in [0.2, 0.25) is 0 Å². The van der Waals surface area contributed by atoms with Crippen molar-refractivity contribution in [3.05, 3.63) is 35.9 Å². The van der Waals surface area contributed by atoms with Crippen molar-refractivity contribution in [1.82, 2.24) is 19.7 Å². The number of hydrogen-bond acceptors (Lipinski definition) is 5. The average Bonchev–Trinajstić information content (AvgIpc) is 2.72. The molecule has 3 heterocycles. The van der Waals surface area contributed by atoms with Crippen LogP contribution in [0.4, 0.5) is 0 Å². The third-order valence-corrected chi connectivity index (χ3v) is 5.27. The van der Waals surface area contributed by atoms with Gasteiger partial charge >= 0.3 is 0 Å². The number of nitrogens with two attached hydrogens (primary N) is 1. The molecular formula is C15H21N5S. The van der Waals surface area contributed by atoms with Crippen molar-refractivity contribution in [3.8, 4) is 0 Å². The molecule has 112 valence electrons. The van der Waals surface area contributed by atoms with Crippen LogP contribution in [0.15, 0.2) is 29.7 Å². The van der Waals surface area contributed by atoms with E-state index in [1.807, 2.05) is 19.2 Å². The predicted molar refractivity (Wildman–Crippen MR) is 84.1 cm³/mol. The molecule has 0 spiro atoms. The number of nitrogens with zero attached hydrogens (tertiary/aromatic N) is 4. The number of thioether (sulfide) groups is 1. The van der Waals surface area contributed by atoms with Crippen LogP contribution in [0.5, 0.6) is 0 Å². The van der Waals surface area contributed by atoms with Crippen LogP contribution in [0.3, 0.4) is 0 Å². The first-order valence-electron chi connectivity index (χ1n) is 7.50. The van der Waals surface area contributed by atoms with E-state index >= 15 is 0 Å². The molecule has 6 heteroatoms. The Morgan fingerprint density at radius 2 is 2.19 bits per heavy atom. The molecule has 1 aliphatic heterocycles. The number of aromatic nitrogens is 4. The van der Waals surface area contributed by atoms with Gasteiger partial charge in [0.15, 0.2) is 5.16 Å². The number of hydrogen-bond donors (Lipinski definition) is 1. The number of rotatable bonds is 4. The van der Waals surface area contributed by atoms with Gasteiger partial charge in [0, 0.05) is 31.4 Å². The van der Waals surface area contributed by atoms with Crippen molar-refractivity contribution >= 4 is 11.8 Å². The van der Waals surface area contributed by atoms with Crippen LogP contribution in [-0.2, 0) is 13.0 Å². The Kier molecular flexibility index (Phi) is 4.55. The highest BCUT2D eigenvalue weighted by Crippen LogP contribution is 2.36. The Bertz CT molecular complexity index is 581. The maximum absolute atomic E-state index is 6.19. The van der Waals surface area contributed by atoms with Crippen molar-refractivity contribution in [2.45, 2.75) is 55.6 Å². The molecule has 0 radical (unpaired) electrons. The first-order chi connectivity index (χ1) is 10.3. The lowest BCUT2D eigenvalue weighted by Gasteiger charge is -2.20. The van der Waals surface area contributed by atoms with Gasteiger partial charge in [0.1, 0.15) is 5.82 Å². The molecule has 0 aromatic carbocycles. The molecular weight excluding hydrogens is 282 g/mol. The smallest absolute Gasteiger partial charge is 0.191 e. The van der Waals surface area contributed by atoms with E-state index in [1.54, 1.807) is 18.0 Å². The van der Waals surface area contributed by atoms with E-state index in [0.717, 1.165) is 29.5 Å². The van der Waals surface area contributed by atoms with Crippen LogP contribution in [0.2, 0.25) is 0 Å². The summed E-state index contributed by atoms with van der Waals surface area (Å²) in [6.07, 6.45) is 8.39. The summed E-state index contributed by atoms with van der Waals surface area (Å²) in [4.78, 5) is 4.21. The van der Waals surface area contributed by atoms with E-state index in [4.69, 9.17) is 5.73 Å². The molecule has 0 saturated carbocycles. The van der Waals surface area contributed by atoms with Crippen molar-refractivity contribution in [2.75, 3.05) is 0 Å². The highest BCUT2D eigenvalue weighted by atomic mass is 32.2. The zero-order chi connectivity index (χ0) is 14.7. The van der Waals surface area contributed by atoms with Crippen LogP contribution in [0, 0.1) is 0 Å². The highest BCUT2D eigenvalue weighted by molar-refractivity contribution is 7.99. The molecule has 21 heavy (non-hydrogen) atoms. The summed E-state index contributed by atoms with van der Waals surface area (Å²) in [5.74, 6) is 1.12. The van der Waals surface area contributed by atoms with Crippen LogP contribution >= 0.6 is 11.8 Å². The molecule has 5 nitrogen and oxygen atoms in total. The summed E-state index contributed by atoms with van der Waals surface area (Å²) in [6, 6.07) is 4.06. The summed E-state index contributed by atoms with van der Waals surface area (Å²) >= 11 is 1.70. The molecule has 2 aromatic rings. The molecule has 3 rings (SSSR count). The largest absolute Gasteiger partial charge is 0.327 e. The minimum atomic E-state index is 0.0259. The SMILES string of the molecule is CC(N)C(Sc1nnc2n1CCCCC2)c1cccnc1. The quantitative estimate of drug-likeness (QED) is 0.879. The monoisotopic (exact) mass is 303 g/mol. The minimum absolute atomic E-state index is 0.0259. The lowest BCUT2D eigenvalue weighted by molar-refractivity contribution is 0.588. The molecule has 2 atom stereocenters. The second kappa shape index (κ2) is 6.58. The third-order valence-electron chi connectivity index (χ3n) is 3.80. The molecule has 2 N–H and O–H groups in total.